The van der Waals surface area contributed by atoms with E-state index in [-0.39, 0.29) is 41.9 Å². The van der Waals surface area contributed by atoms with Crippen LogP contribution >= 0.6 is 0 Å². The van der Waals surface area contributed by atoms with Gasteiger partial charge in [0.25, 0.3) is 0 Å². The van der Waals surface area contributed by atoms with Gasteiger partial charge in [0.15, 0.2) is 5.82 Å². The maximum absolute atomic E-state index is 11.9. The van der Waals surface area contributed by atoms with Gasteiger partial charge in [0.1, 0.15) is 6.07 Å². The predicted molar refractivity (Wildman–Crippen MR) is 67.4 cm³/mol. The van der Waals surface area contributed by atoms with Crippen molar-refractivity contribution in [1.29, 1.82) is 5.26 Å². The fourth-order valence-corrected chi connectivity index (χ4v) is 3.01. The van der Waals surface area contributed by atoms with Crippen molar-refractivity contribution in [2.45, 2.75) is 6.42 Å². The summed E-state index contributed by atoms with van der Waals surface area (Å²) in [6.07, 6.45) is 1.58. The zero-order valence-electron chi connectivity index (χ0n) is 9.98. The van der Waals surface area contributed by atoms with E-state index in [9.17, 15) is 13.2 Å². The fraction of sp³-hybridized carbons (Fsp3) is 0.364. The number of rotatable bonds is 3. The minimum absolute atomic E-state index is 0.0951. The molecule has 1 atom stereocenters. The molecule has 2 heterocycles. The van der Waals surface area contributed by atoms with E-state index >= 15 is 0 Å². The van der Waals surface area contributed by atoms with Crippen LogP contribution in [0.5, 0.6) is 0 Å². The van der Waals surface area contributed by atoms with E-state index in [0.717, 1.165) is 0 Å². The quantitative estimate of drug-likeness (QED) is 0.808. The molecule has 1 amide bonds. The number of nitriles is 1. The van der Waals surface area contributed by atoms with Gasteiger partial charge in [-0.05, 0) is 12.1 Å². The maximum Gasteiger partial charge on any atom is 0.228 e. The number of carbonyl (C=O) groups excluding carboxylic acids is 1. The van der Waals surface area contributed by atoms with Gasteiger partial charge >= 0.3 is 0 Å². The maximum atomic E-state index is 11.9. The van der Waals surface area contributed by atoms with Crippen molar-refractivity contribution in [1.82, 2.24) is 4.98 Å². The number of amides is 1. The highest BCUT2D eigenvalue weighted by Crippen LogP contribution is 2.26. The number of anilines is 1. The number of carbonyl (C=O) groups is 1. The van der Waals surface area contributed by atoms with Gasteiger partial charge in [-0.15, -0.1) is 0 Å². The van der Waals surface area contributed by atoms with Gasteiger partial charge in [-0.25, -0.2) is 18.5 Å². The summed E-state index contributed by atoms with van der Waals surface area (Å²) in [4.78, 5) is 17.2. The minimum atomic E-state index is -3.62. The van der Waals surface area contributed by atoms with E-state index in [0.29, 0.717) is 0 Å². The van der Waals surface area contributed by atoms with Crippen LogP contribution in [0.3, 0.4) is 0 Å². The molecule has 0 saturated carbocycles. The molecule has 0 aromatic carbocycles. The second kappa shape index (κ2) is 4.95. The Morgan fingerprint density at radius 2 is 2.32 bits per heavy atom. The molecule has 1 aliphatic rings. The summed E-state index contributed by atoms with van der Waals surface area (Å²) >= 11 is 0. The molecule has 0 aliphatic carbocycles. The lowest BCUT2D eigenvalue weighted by Crippen LogP contribution is -2.28. The molecule has 8 heteroatoms. The molecule has 100 valence electrons. The molecule has 2 rings (SSSR count). The number of hydrogen-bond acceptors (Lipinski definition) is 5. The first kappa shape index (κ1) is 13.5. The van der Waals surface area contributed by atoms with Crippen LogP contribution in [0.4, 0.5) is 5.82 Å². The Balaban J connectivity index is 2.24. The van der Waals surface area contributed by atoms with E-state index in [1.165, 1.54) is 11.1 Å². The van der Waals surface area contributed by atoms with Crippen LogP contribution < -0.4 is 10.0 Å². The van der Waals surface area contributed by atoms with Crippen molar-refractivity contribution in [3.05, 3.63) is 23.9 Å². The van der Waals surface area contributed by atoms with Gasteiger partial charge in [0, 0.05) is 25.1 Å². The molecule has 2 N–H and O–H groups in total. The van der Waals surface area contributed by atoms with Crippen LogP contribution in [-0.2, 0) is 14.8 Å². The Morgan fingerprint density at radius 3 is 2.95 bits per heavy atom. The van der Waals surface area contributed by atoms with Gasteiger partial charge in [-0.1, -0.05) is 0 Å². The lowest BCUT2D eigenvalue weighted by Gasteiger charge is -2.16. The van der Waals surface area contributed by atoms with Gasteiger partial charge in [-0.3, -0.25) is 9.69 Å². The van der Waals surface area contributed by atoms with Crippen molar-refractivity contribution in [3.8, 4) is 6.07 Å². The first-order chi connectivity index (χ1) is 8.90. The van der Waals surface area contributed by atoms with E-state index in [1.807, 2.05) is 6.07 Å². The van der Waals surface area contributed by atoms with E-state index in [2.05, 4.69) is 4.98 Å². The van der Waals surface area contributed by atoms with Crippen molar-refractivity contribution >= 4 is 21.7 Å². The molecular formula is C11H12N4O3S. The molecule has 0 spiro atoms. The molecular weight excluding hydrogens is 268 g/mol. The normalized spacial score (nSPS) is 19.5. The second-order valence-corrected chi connectivity index (χ2v) is 6.05. The Hall–Kier alpha value is -1.98. The standard InChI is InChI=1S/C11H12N4O3S/c12-5-9-2-1-3-14-11(9)15-6-8(4-10(15)16)7-19(13,17)18/h1-3,8H,4,6-7H2,(H2,13,17,18). The van der Waals surface area contributed by atoms with Gasteiger partial charge in [0.2, 0.25) is 15.9 Å². The molecule has 1 saturated heterocycles. The van der Waals surface area contributed by atoms with Crippen LogP contribution in [0.25, 0.3) is 0 Å². The van der Waals surface area contributed by atoms with Crippen molar-refractivity contribution in [2.24, 2.45) is 11.1 Å². The number of nitrogens with two attached hydrogens (primary N) is 1. The van der Waals surface area contributed by atoms with E-state index < -0.39 is 10.0 Å². The number of hydrogen-bond donors (Lipinski definition) is 1. The van der Waals surface area contributed by atoms with Crippen molar-refractivity contribution in [3.63, 3.8) is 0 Å². The summed E-state index contributed by atoms with van der Waals surface area (Å²) in [6.45, 7) is 0.209. The zero-order chi connectivity index (χ0) is 14.0. The summed E-state index contributed by atoms with van der Waals surface area (Å²) in [5, 5.41) is 13.9. The minimum Gasteiger partial charge on any atom is -0.295 e. The number of sulfonamides is 1. The monoisotopic (exact) mass is 280 g/mol. The summed E-state index contributed by atoms with van der Waals surface area (Å²) in [6, 6.07) is 5.12. The van der Waals surface area contributed by atoms with Crippen molar-refractivity contribution in [2.75, 3.05) is 17.2 Å². The highest BCUT2D eigenvalue weighted by Gasteiger charge is 2.34. The van der Waals surface area contributed by atoms with Crippen molar-refractivity contribution < 1.29 is 13.2 Å². The third-order valence-electron chi connectivity index (χ3n) is 2.84. The van der Waals surface area contributed by atoms with Gasteiger partial charge < -0.3 is 0 Å². The molecule has 0 radical (unpaired) electrons. The lowest BCUT2D eigenvalue weighted by molar-refractivity contribution is -0.117. The lowest BCUT2D eigenvalue weighted by atomic mass is 10.1. The van der Waals surface area contributed by atoms with Crippen LogP contribution in [0.15, 0.2) is 18.3 Å². The molecule has 1 aromatic rings. The van der Waals surface area contributed by atoms with Gasteiger partial charge in [0.05, 0.1) is 11.3 Å². The summed E-state index contributed by atoms with van der Waals surface area (Å²) in [5.41, 5.74) is 0.284. The fourth-order valence-electron chi connectivity index (χ4n) is 2.13. The Morgan fingerprint density at radius 1 is 1.58 bits per heavy atom. The van der Waals surface area contributed by atoms with Crippen LogP contribution in [0.2, 0.25) is 0 Å². The van der Waals surface area contributed by atoms with Crippen LogP contribution in [0, 0.1) is 17.2 Å². The second-order valence-electron chi connectivity index (χ2n) is 4.39. The number of aromatic nitrogens is 1. The Kier molecular flexibility index (Phi) is 3.50. The van der Waals surface area contributed by atoms with Gasteiger partial charge in [-0.2, -0.15) is 5.26 Å². The SMILES string of the molecule is N#Cc1cccnc1N1CC(CS(N)(=O)=O)CC1=O. The summed E-state index contributed by atoms with van der Waals surface area (Å²) < 4.78 is 22.1. The average Bonchev–Trinajstić information content (AvgIpc) is 2.67. The molecule has 1 fully saturated rings. The topological polar surface area (TPSA) is 117 Å². The molecule has 0 bridgehead atoms. The predicted octanol–water partition coefficient (Wildman–Crippen LogP) is -0.405. The molecule has 1 aromatic heterocycles. The average molecular weight is 280 g/mol. The Labute approximate surface area is 110 Å². The van der Waals surface area contributed by atoms with E-state index in [4.69, 9.17) is 10.4 Å². The molecule has 1 unspecified atom stereocenters. The largest absolute Gasteiger partial charge is 0.295 e. The molecule has 1 aliphatic heterocycles. The molecule has 19 heavy (non-hydrogen) atoms. The first-order valence-corrected chi connectivity index (χ1v) is 7.28. The number of primary sulfonamides is 1. The third-order valence-corrected chi connectivity index (χ3v) is 3.77. The smallest absolute Gasteiger partial charge is 0.228 e. The Bertz CT molecular complexity index is 650. The zero-order valence-corrected chi connectivity index (χ0v) is 10.8. The van der Waals surface area contributed by atoms with Crippen LogP contribution in [-0.4, -0.2) is 31.6 Å². The third kappa shape index (κ3) is 3.07. The number of pyridine rings is 1. The highest BCUT2D eigenvalue weighted by atomic mass is 32.2. The summed E-state index contributed by atoms with van der Waals surface area (Å²) in [5.74, 6) is -0.587. The van der Waals surface area contributed by atoms with Crippen LogP contribution in [0.1, 0.15) is 12.0 Å². The molecule has 7 nitrogen and oxygen atoms in total. The first-order valence-electron chi connectivity index (χ1n) is 5.56. The van der Waals surface area contributed by atoms with E-state index in [1.54, 1.807) is 12.1 Å². The number of nitrogens with zero attached hydrogens (tertiary/aromatic N) is 3. The summed E-state index contributed by atoms with van der Waals surface area (Å²) in [7, 11) is -3.62. The highest BCUT2D eigenvalue weighted by molar-refractivity contribution is 7.89.